The van der Waals surface area contributed by atoms with E-state index in [1.807, 2.05) is 0 Å². The van der Waals surface area contributed by atoms with E-state index in [1.54, 1.807) is 17.3 Å². The van der Waals surface area contributed by atoms with Crippen molar-refractivity contribution in [3.8, 4) is 0 Å². The fourth-order valence-corrected chi connectivity index (χ4v) is 4.22. The van der Waals surface area contributed by atoms with E-state index in [1.165, 1.54) is 12.8 Å². The second-order valence-electron chi connectivity index (χ2n) is 6.21. The highest BCUT2D eigenvalue weighted by Gasteiger charge is 2.30. The molecule has 1 N–H and O–H groups in total. The summed E-state index contributed by atoms with van der Waals surface area (Å²) in [5, 5.41) is 7.33. The number of aryl methyl sites for hydroxylation is 1. The summed E-state index contributed by atoms with van der Waals surface area (Å²) in [6.45, 7) is 4.05. The Labute approximate surface area is 125 Å². The Bertz CT molecular complexity index is 572. The number of nitrogens with one attached hydrogen (secondary N) is 1. The Balaban J connectivity index is 1.50. The van der Waals surface area contributed by atoms with Crippen molar-refractivity contribution in [3.05, 3.63) is 17.5 Å². The molecule has 2 aliphatic rings. The van der Waals surface area contributed by atoms with Gasteiger partial charge in [0.25, 0.3) is 0 Å². The molecule has 118 valence electrons. The molecule has 0 radical (unpaired) electrons. The van der Waals surface area contributed by atoms with Gasteiger partial charge in [-0.25, -0.2) is 12.7 Å². The molecule has 1 saturated carbocycles. The summed E-state index contributed by atoms with van der Waals surface area (Å²) < 4.78 is 31.3. The third kappa shape index (κ3) is 4.05. The normalized spacial score (nSPS) is 21.8. The quantitative estimate of drug-likeness (QED) is 0.856. The van der Waals surface area contributed by atoms with Crippen molar-refractivity contribution in [2.75, 3.05) is 19.6 Å². The zero-order chi connectivity index (χ0) is 14.9. The highest BCUT2D eigenvalue weighted by atomic mass is 32.2. The summed E-state index contributed by atoms with van der Waals surface area (Å²) in [4.78, 5) is 0. The molecular formula is C14H23N3O3S. The summed E-state index contributed by atoms with van der Waals surface area (Å²) in [6, 6.07) is 2.15. The minimum Gasteiger partial charge on any atom is -0.361 e. The Morgan fingerprint density at radius 2 is 2.05 bits per heavy atom. The maximum atomic E-state index is 12.4. The summed E-state index contributed by atoms with van der Waals surface area (Å²) in [5.41, 5.74) is 0.487. The van der Waals surface area contributed by atoms with Gasteiger partial charge in [-0.2, -0.15) is 0 Å². The van der Waals surface area contributed by atoms with Gasteiger partial charge in [-0.15, -0.1) is 0 Å². The number of aromatic nitrogens is 1. The van der Waals surface area contributed by atoms with Gasteiger partial charge in [0.05, 0.1) is 0 Å². The van der Waals surface area contributed by atoms with Crippen molar-refractivity contribution in [1.29, 1.82) is 0 Å². The lowest BCUT2D eigenvalue weighted by molar-refractivity contribution is 0.287. The average molecular weight is 313 g/mol. The van der Waals surface area contributed by atoms with Crippen LogP contribution in [0.3, 0.4) is 0 Å². The van der Waals surface area contributed by atoms with Gasteiger partial charge >= 0.3 is 0 Å². The van der Waals surface area contributed by atoms with Crippen molar-refractivity contribution >= 4 is 10.0 Å². The lowest BCUT2D eigenvalue weighted by atomic mass is 10.1. The Morgan fingerprint density at radius 1 is 1.33 bits per heavy atom. The van der Waals surface area contributed by atoms with E-state index in [-0.39, 0.29) is 5.75 Å². The molecule has 0 atom stereocenters. The topological polar surface area (TPSA) is 75.4 Å². The molecule has 21 heavy (non-hydrogen) atoms. The first kappa shape index (κ1) is 15.0. The van der Waals surface area contributed by atoms with Gasteiger partial charge in [0.15, 0.2) is 0 Å². The molecule has 7 heteroatoms. The minimum absolute atomic E-state index is 0.0650. The fraction of sp³-hybridized carbons (Fsp3) is 0.786. The van der Waals surface area contributed by atoms with Crippen molar-refractivity contribution in [2.45, 2.75) is 44.4 Å². The standard InChI is InChI=1S/C14H23N3O3S/c1-11-8-14(16-20-11)10-21(18,19)17-6-4-13(5-7-17)15-9-12-2-3-12/h8,12-13,15H,2-7,9-10H2,1H3. The van der Waals surface area contributed by atoms with Crippen molar-refractivity contribution in [2.24, 2.45) is 5.92 Å². The highest BCUT2D eigenvalue weighted by molar-refractivity contribution is 7.88. The summed E-state index contributed by atoms with van der Waals surface area (Å²) >= 11 is 0. The molecule has 1 aliphatic carbocycles. The zero-order valence-electron chi connectivity index (χ0n) is 12.4. The van der Waals surface area contributed by atoms with Gasteiger partial charge in [-0.3, -0.25) is 0 Å². The van der Waals surface area contributed by atoms with Crippen LogP contribution in [0.4, 0.5) is 0 Å². The van der Waals surface area contributed by atoms with Crippen LogP contribution in [-0.4, -0.2) is 43.6 Å². The van der Waals surface area contributed by atoms with Crippen LogP contribution >= 0.6 is 0 Å². The summed E-state index contributed by atoms with van der Waals surface area (Å²) in [5.74, 6) is 1.44. The Kier molecular flexibility index (Phi) is 4.33. The van der Waals surface area contributed by atoms with Crippen LogP contribution in [0.5, 0.6) is 0 Å². The molecule has 1 aromatic rings. The molecule has 1 aliphatic heterocycles. The molecule has 0 bridgehead atoms. The molecule has 0 unspecified atom stereocenters. The number of nitrogens with zero attached hydrogens (tertiary/aromatic N) is 2. The zero-order valence-corrected chi connectivity index (χ0v) is 13.2. The largest absolute Gasteiger partial charge is 0.361 e. The minimum atomic E-state index is -3.28. The van der Waals surface area contributed by atoms with Crippen LogP contribution in [0.2, 0.25) is 0 Å². The molecule has 3 rings (SSSR count). The van der Waals surface area contributed by atoms with Crippen molar-refractivity contribution in [3.63, 3.8) is 0 Å². The number of hydrogen-bond acceptors (Lipinski definition) is 5. The molecule has 1 aromatic heterocycles. The molecule has 1 saturated heterocycles. The van der Waals surface area contributed by atoms with E-state index in [9.17, 15) is 8.42 Å². The molecule has 0 amide bonds. The number of piperidine rings is 1. The van der Waals surface area contributed by atoms with Gasteiger partial charge < -0.3 is 9.84 Å². The van der Waals surface area contributed by atoms with Crippen LogP contribution in [0, 0.1) is 12.8 Å². The predicted octanol–water partition coefficient (Wildman–Crippen LogP) is 1.28. The number of sulfonamides is 1. The van der Waals surface area contributed by atoms with E-state index in [0.29, 0.717) is 30.6 Å². The van der Waals surface area contributed by atoms with Gasteiger partial charge in [-0.05, 0) is 45.1 Å². The SMILES string of the molecule is Cc1cc(CS(=O)(=O)N2CCC(NCC3CC3)CC2)no1. The first-order valence-corrected chi connectivity index (χ1v) is 9.27. The van der Waals surface area contributed by atoms with Crippen molar-refractivity contribution in [1.82, 2.24) is 14.8 Å². The van der Waals surface area contributed by atoms with Gasteiger partial charge in [-0.1, -0.05) is 5.16 Å². The van der Waals surface area contributed by atoms with Crippen LogP contribution in [-0.2, 0) is 15.8 Å². The monoisotopic (exact) mass is 313 g/mol. The third-order valence-corrected chi connectivity index (χ3v) is 6.06. The molecule has 2 fully saturated rings. The van der Waals surface area contributed by atoms with Gasteiger partial charge in [0, 0.05) is 25.2 Å². The Morgan fingerprint density at radius 3 is 2.62 bits per heavy atom. The van der Waals surface area contributed by atoms with Crippen LogP contribution in [0.25, 0.3) is 0 Å². The molecular weight excluding hydrogens is 290 g/mol. The number of rotatable bonds is 6. The lowest BCUT2D eigenvalue weighted by Gasteiger charge is -2.31. The third-order valence-electron chi connectivity index (χ3n) is 4.25. The molecule has 0 aromatic carbocycles. The van der Waals surface area contributed by atoms with E-state index < -0.39 is 10.0 Å². The fourth-order valence-electron chi connectivity index (χ4n) is 2.76. The van der Waals surface area contributed by atoms with Crippen LogP contribution < -0.4 is 5.32 Å². The average Bonchev–Trinajstić information content (AvgIpc) is 3.20. The molecule has 2 heterocycles. The van der Waals surface area contributed by atoms with Crippen molar-refractivity contribution < 1.29 is 12.9 Å². The maximum Gasteiger partial charge on any atom is 0.219 e. The van der Waals surface area contributed by atoms with Crippen LogP contribution in [0.1, 0.15) is 37.1 Å². The highest BCUT2D eigenvalue weighted by Crippen LogP contribution is 2.28. The van der Waals surface area contributed by atoms with E-state index in [0.717, 1.165) is 25.3 Å². The summed E-state index contributed by atoms with van der Waals surface area (Å²) in [6.07, 6.45) is 4.47. The summed E-state index contributed by atoms with van der Waals surface area (Å²) in [7, 11) is -3.28. The first-order chi connectivity index (χ1) is 10.0. The second-order valence-corrected chi connectivity index (χ2v) is 8.18. The first-order valence-electron chi connectivity index (χ1n) is 7.66. The van der Waals surface area contributed by atoms with Gasteiger partial charge in [0.1, 0.15) is 17.2 Å². The van der Waals surface area contributed by atoms with Crippen LogP contribution in [0.15, 0.2) is 10.6 Å². The molecule has 6 nitrogen and oxygen atoms in total. The lowest BCUT2D eigenvalue weighted by Crippen LogP contribution is -2.45. The molecule has 0 spiro atoms. The smallest absolute Gasteiger partial charge is 0.219 e. The van der Waals surface area contributed by atoms with E-state index >= 15 is 0 Å². The van der Waals surface area contributed by atoms with E-state index in [2.05, 4.69) is 10.5 Å². The van der Waals surface area contributed by atoms with E-state index in [4.69, 9.17) is 4.52 Å². The van der Waals surface area contributed by atoms with Gasteiger partial charge in [0.2, 0.25) is 10.0 Å². The Hall–Kier alpha value is -0.920. The number of hydrogen-bond donors (Lipinski definition) is 1. The second kappa shape index (κ2) is 6.06. The maximum absolute atomic E-state index is 12.4. The predicted molar refractivity (Wildman–Crippen MR) is 79.2 cm³/mol.